The molecule has 0 atom stereocenters. The maximum absolute atomic E-state index is 12.6. The zero-order valence-electron chi connectivity index (χ0n) is 13.5. The van der Waals surface area contributed by atoms with Crippen molar-refractivity contribution in [3.05, 3.63) is 47.9 Å². The first-order valence-electron chi connectivity index (χ1n) is 7.51. The number of aromatic nitrogens is 2. The fraction of sp³-hybridized carbons (Fsp3) is 0.294. The van der Waals surface area contributed by atoms with Crippen molar-refractivity contribution < 1.29 is 9.21 Å². The van der Waals surface area contributed by atoms with Gasteiger partial charge in [-0.3, -0.25) is 4.79 Å². The van der Waals surface area contributed by atoms with Gasteiger partial charge in [0, 0.05) is 18.0 Å². The van der Waals surface area contributed by atoms with Gasteiger partial charge in [-0.1, -0.05) is 6.07 Å². The van der Waals surface area contributed by atoms with E-state index in [1.54, 1.807) is 23.0 Å². The van der Waals surface area contributed by atoms with Gasteiger partial charge in [-0.2, -0.15) is 5.10 Å². The van der Waals surface area contributed by atoms with Gasteiger partial charge in [0.15, 0.2) is 0 Å². The number of aryl methyl sites for hydroxylation is 1. The molecule has 2 aromatic heterocycles. The third kappa shape index (κ3) is 3.27. The highest BCUT2D eigenvalue weighted by atomic mass is 16.3. The van der Waals surface area contributed by atoms with Gasteiger partial charge >= 0.3 is 0 Å². The number of hydrogen-bond donors (Lipinski definition) is 1. The number of furan rings is 1. The van der Waals surface area contributed by atoms with Crippen molar-refractivity contribution in [2.24, 2.45) is 0 Å². The Hall–Kier alpha value is -2.60. The normalized spacial score (nSPS) is 11.3. The van der Waals surface area contributed by atoms with E-state index in [0.717, 1.165) is 23.3 Å². The first-order chi connectivity index (χ1) is 11.0. The predicted octanol–water partition coefficient (Wildman–Crippen LogP) is 2.75. The molecule has 2 heterocycles. The molecule has 3 aromatic rings. The molecule has 0 unspecified atom stereocenters. The van der Waals surface area contributed by atoms with Crippen LogP contribution in [0.2, 0.25) is 0 Å². The van der Waals surface area contributed by atoms with Crippen LogP contribution >= 0.6 is 0 Å². The molecule has 3 rings (SSSR count). The van der Waals surface area contributed by atoms with E-state index in [1.165, 1.54) is 0 Å². The Balaban J connectivity index is 1.83. The van der Waals surface area contributed by atoms with Crippen molar-refractivity contribution >= 4 is 22.7 Å². The summed E-state index contributed by atoms with van der Waals surface area (Å²) in [5.41, 5.74) is 1.32. The molecule has 0 spiro atoms. The summed E-state index contributed by atoms with van der Waals surface area (Å²) in [7, 11) is 4.01. The van der Waals surface area contributed by atoms with Gasteiger partial charge in [-0.15, -0.1) is 0 Å². The van der Waals surface area contributed by atoms with E-state index in [-0.39, 0.29) is 5.91 Å². The second-order valence-electron chi connectivity index (χ2n) is 5.77. The average Bonchev–Trinajstić information content (AvgIpc) is 3.09. The molecule has 0 aliphatic rings. The van der Waals surface area contributed by atoms with Crippen LogP contribution in [0.4, 0.5) is 5.82 Å². The highest BCUT2D eigenvalue weighted by Crippen LogP contribution is 2.23. The zero-order valence-corrected chi connectivity index (χ0v) is 13.5. The number of nitrogens with zero attached hydrogens (tertiary/aromatic N) is 3. The van der Waals surface area contributed by atoms with Gasteiger partial charge in [0.25, 0.3) is 5.91 Å². The topological polar surface area (TPSA) is 63.3 Å². The minimum absolute atomic E-state index is 0.164. The minimum Gasteiger partial charge on any atom is -0.461 e. The van der Waals surface area contributed by atoms with E-state index in [9.17, 15) is 4.79 Å². The molecule has 6 heteroatoms. The minimum atomic E-state index is -0.164. The molecule has 23 heavy (non-hydrogen) atoms. The number of fused-ring (bicyclic) bond motifs is 1. The number of hydrogen-bond acceptors (Lipinski definition) is 4. The Labute approximate surface area is 134 Å². The quantitative estimate of drug-likeness (QED) is 0.787. The Morgan fingerprint density at radius 3 is 2.96 bits per heavy atom. The van der Waals surface area contributed by atoms with Crippen LogP contribution in [0.1, 0.15) is 16.1 Å². The number of carbonyl (C=O) groups is 1. The SMILES string of the molecule is Cc1cc2c(C(=O)Nc3ccnn3CCN(C)C)cccc2o1. The number of benzene rings is 1. The Bertz CT molecular complexity index is 832. The van der Waals surface area contributed by atoms with Crippen LogP contribution < -0.4 is 5.32 Å². The summed E-state index contributed by atoms with van der Waals surface area (Å²) in [5, 5.41) is 8.01. The van der Waals surface area contributed by atoms with Gasteiger partial charge in [0.1, 0.15) is 17.2 Å². The Morgan fingerprint density at radius 1 is 1.35 bits per heavy atom. The van der Waals surface area contributed by atoms with Crippen molar-refractivity contribution in [2.75, 3.05) is 26.0 Å². The van der Waals surface area contributed by atoms with Crippen molar-refractivity contribution in [1.29, 1.82) is 0 Å². The highest BCUT2D eigenvalue weighted by Gasteiger charge is 2.14. The van der Waals surface area contributed by atoms with Crippen LogP contribution in [0, 0.1) is 6.92 Å². The van der Waals surface area contributed by atoms with Gasteiger partial charge in [0.2, 0.25) is 0 Å². The lowest BCUT2D eigenvalue weighted by Crippen LogP contribution is -2.21. The lowest BCUT2D eigenvalue weighted by Gasteiger charge is -2.12. The smallest absolute Gasteiger partial charge is 0.257 e. The van der Waals surface area contributed by atoms with E-state index in [0.29, 0.717) is 17.9 Å². The number of amides is 1. The van der Waals surface area contributed by atoms with E-state index in [4.69, 9.17) is 4.42 Å². The Morgan fingerprint density at radius 2 is 2.17 bits per heavy atom. The third-order valence-corrected chi connectivity index (χ3v) is 3.65. The summed E-state index contributed by atoms with van der Waals surface area (Å²) in [6, 6.07) is 9.17. The van der Waals surface area contributed by atoms with Gasteiger partial charge in [-0.25, -0.2) is 4.68 Å². The largest absolute Gasteiger partial charge is 0.461 e. The number of anilines is 1. The molecule has 1 aromatic carbocycles. The molecule has 0 aliphatic carbocycles. The lowest BCUT2D eigenvalue weighted by molar-refractivity contribution is 0.102. The van der Waals surface area contributed by atoms with E-state index in [1.807, 2.05) is 39.2 Å². The van der Waals surface area contributed by atoms with Crippen LogP contribution in [0.3, 0.4) is 0 Å². The number of likely N-dealkylation sites (N-methyl/N-ethyl adjacent to an activating group) is 1. The van der Waals surface area contributed by atoms with Gasteiger partial charge in [0.05, 0.1) is 18.3 Å². The molecule has 0 saturated heterocycles. The van der Waals surface area contributed by atoms with Crippen LogP contribution in [0.15, 0.2) is 40.9 Å². The first kappa shape index (κ1) is 15.3. The third-order valence-electron chi connectivity index (χ3n) is 3.65. The molecule has 120 valence electrons. The highest BCUT2D eigenvalue weighted by molar-refractivity contribution is 6.12. The van der Waals surface area contributed by atoms with E-state index >= 15 is 0 Å². The predicted molar refractivity (Wildman–Crippen MR) is 89.7 cm³/mol. The molecule has 1 N–H and O–H groups in total. The zero-order chi connectivity index (χ0) is 16.4. The van der Waals surface area contributed by atoms with Crippen LogP contribution in [0.25, 0.3) is 11.0 Å². The molecule has 0 saturated carbocycles. The van der Waals surface area contributed by atoms with Crippen molar-refractivity contribution in [2.45, 2.75) is 13.5 Å². The van der Waals surface area contributed by atoms with Crippen molar-refractivity contribution in [3.8, 4) is 0 Å². The molecular formula is C17H20N4O2. The molecule has 1 amide bonds. The van der Waals surface area contributed by atoms with E-state index < -0.39 is 0 Å². The molecule has 0 bridgehead atoms. The molecule has 6 nitrogen and oxygen atoms in total. The summed E-state index contributed by atoms with van der Waals surface area (Å²) < 4.78 is 7.37. The lowest BCUT2D eigenvalue weighted by atomic mass is 10.1. The van der Waals surface area contributed by atoms with Crippen LogP contribution in [-0.2, 0) is 6.54 Å². The van der Waals surface area contributed by atoms with Gasteiger partial charge < -0.3 is 14.6 Å². The van der Waals surface area contributed by atoms with Crippen molar-refractivity contribution in [3.63, 3.8) is 0 Å². The summed E-state index contributed by atoms with van der Waals surface area (Å²) in [6.45, 7) is 3.43. The monoisotopic (exact) mass is 312 g/mol. The number of rotatable bonds is 5. The summed E-state index contributed by atoms with van der Waals surface area (Å²) in [5.74, 6) is 1.31. The number of nitrogens with one attached hydrogen (secondary N) is 1. The fourth-order valence-electron chi connectivity index (χ4n) is 2.48. The second kappa shape index (κ2) is 6.26. The molecule has 0 radical (unpaired) electrons. The molecule has 0 fully saturated rings. The average molecular weight is 312 g/mol. The summed E-state index contributed by atoms with van der Waals surface area (Å²) in [6.07, 6.45) is 1.69. The van der Waals surface area contributed by atoms with E-state index in [2.05, 4.69) is 15.3 Å². The maximum atomic E-state index is 12.6. The van der Waals surface area contributed by atoms with Gasteiger partial charge in [-0.05, 0) is 39.2 Å². The molecule has 0 aliphatic heterocycles. The molecular weight excluding hydrogens is 292 g/mol. The second-order valence-corrected chi connectivity index (χ2v) is 5.77. The van der Waals surface area contributed by atoms with Crippen LogP contribution in [0.5, 0.6) is 0 Å². The Kier molecular flexibility index (Phi) is 4.16. The fourth-order valence-corrected chi connectivity index (χ4v) is 2.48. The maximum Gasteiger partial charge on any atom is 0.257 e. The summed E-state index contributed by atoms with van der Waals surface area (Å²) in [4.78, 5) is 14.7. The first-order valence-corrected chi connectivity index (χ1v) is 7.51. The van der Waals surface area contributed by atoms with Crippen LogP contribution in [-0.4, -0.2) is 41.2 Å². The summed E-state index contributed by atoms with van der Waals surface area (Å²) >= 11 is 0. The number of carbonyl (C=O) groups excluding carboxylic acids is 1. The van der Waals surface area contributed by atoms with Crippen molar-refractivity contribution in [1.82, 2.24) is 14.7 Å². The standard InChI is InChI=1S/C17H20N4O2/c1-12-11-14-13(5-4-6-15(14)23-12)17(22)19-16-7-8-18-21(16)10-9-20(2)3/h4-8,11H,9-10H2,1-3H3,(H,19,22).